The van der Waals surface area contributed by atoms with Crippen LogP contribution in [0.15, 0.2) is 22.6 Å². The van der Waals surface area contributed by atoms with Gasteiger partial charge in [-0.2, -0.15) is 0 Å². The van der Waals surface area contributed by atoms with Crippen molar-refractivity contribution in [2.24, 2.45) is 5.92 Å². The van der Waals surface area contributed by atoms with Crippen LogP contribution in [0.1, 0.15) is 50.4 Å². The van der Waals surface area contributed by atoms with Crippen molar-refractivity contribution in [2.45, 2.75) is 62.2 Å². The van der Waals surface area contributed by atoms with Crippen LogP contribution in [-0.2, 0) is 6.42 Å². The molecule has 0 spiro atoms. The van der Waals surface area contributed by atoms with Gasteiger partial charge in [0.25, 0.3) is 0 Å². The summed E-state index contributed by atoms with van der Waals surface area (Å²) in [6.07, 6.45) is 7.62. The van der Waals surface area contributed by atoms with E-state index in [2.05, 4.69) is 49.5 Å². The number of rotatable bonds is 5. The van der Waals surface area contributed by atoms with Gasteiger partial charge in [-0.15, -0.1) is 21.5 Å². The van der Waals surface area contributed by atoms with E-state index < -0.39 is 0 Å². The molecule has 0 aromatic carbocycles. The molecular formula is C19H24N6S2. The summed E-state index contributed by atoms with van der Waals surface area (Å²) in [6.45, 7) is 6.69. The lowest BCUT2D eigenvalue weighted by Crippen LogP contribution is -2.34. The number of hydrogen-bond donors (Lipinski definition) is 0. The molecule has 1 saturated carbocycles. The zero-order valence-corrected chi connectivity index (χ0v) is 17.4. The van der Waals surface area contributed by atoms with E-state index in [1.807, 2.05) is 0 Å². The van der Waals surface area contributed by atoms with Gasteiger partial charge >= 0.3 is 0 Å². The molecule has 0 amide bonds. The smallest absolute Gasteiger partial charge is 0.228 e. The van der Waals surface area contributed by atoms with E-state index >= 15 is 0 Å². The van der Waals surface area contributed by atoms with Crippen molar-refractivity contribution in [1.82, 2.24) is 24.7 Å². The average molecular weight is 401 g/mol. The molecule has 1 aliphatic heterocycles. The predicted octanol–water partition coefficient (Wildman–Crippen LogP) is 4.57. The van der Waals surface area contributed by atoms with Crippen LogP contribution in [0.4, 0.5) is 5.95 Å². The maximum absolute atomic E-state index is 4.60. The summed E-state index contributed by atoms with van der Waals surface area (Å²) in [7, 11) is 0. The minimum absolute atomic E-state index is 0.544. The Morgan fingerprint density at radius 1 is 1.15 bits per heavy atom. The minimum atomic E-state index is 0.544. The quantitative estimate of drug-likeness (QED) is 0.585. The predicted molar refractivity (Wildman–Crippen MR) is 110 cm³/mol. The van der Waals surface area contributed by atoms with Gasteiger partial charge in [0.2, 0.25) is 5.95 Å². The van der Waals surface area contributed by atoms with Gasteiger partial charge in [0.1, 0.15) is 16.2 Å². The molecule has 0 N–H and O–H groups in total. The third-order valence-corrected chi connectivity index (χ3v) is 7.67. The Morgan fingerprint density at radius 3 is 2.70 bits per heavy atom. The lowest BCUT2D eigenvalue weighted by molar-refractivity contribution is 0.429. The van der Waals surface area contributed by atoms with Crippen LogP contribution < -0.4 is 4.90 Å². The van der Waals surface area contributed by atoms with E-state index in [4.69, 9.17) is 0 Å². The van der Waals surface area contributed by atoms with Crippen LogP contribution in [0.5, 0.6) is 0 Å². The standard InChI is InChI=1S/C19H24N6S2/c1-3-14-10-15-16(26-14)20-11-21-17(15)27-19-23-22-18(25(19)13-4-5-13)24-8-6-12(2)7-9-24/h10-13H,3-9H2,1-2H3. The van der Waals surface area contributed by atoms with Crippen molar-refractivity contribution >= 4 is 39.3 Å². The first-order valence-electron chi connectivity index (χ1n) is 9.84. The van der Waals surface area contributed by atoms with E-state index in [-0.39, 0.29) is 0 Å². The summed E-state index contributed by atoms with van der Waals surface area (Å²) in [6, 6.07) is 2.77. The molecule has 27 heavy (non-hydrogen) atoms. The fourth-order valence-electron chi connectivity index (χ4n) is 3.64. The first-order valence-corrected chi connectivity index (χ1v) is 11.5. The largest absolute Gasteiger partial charge is 0.341 e. The fraction of sp³-hybridized carbons (Fsp3) is 0.579. The summed E-state index contributed by atoms with van der Waals surface area (Å²) in [5.74, 6) is 1.87. The van der Waals surface area contributed by atoms with Gasteiger partial charge in [-0.3, -0.25) is 4.57 Å². The van der Waals surface area contributed by atoms with Gasteiger partial charge in [-0.05, 0) is 55.9 Å². The third kappa shape index (κ3) is 3.33. The molecule has 2 aliphatic rings. The van der Waals surface area contributed by atoms with Crippen LogP contribution in [0.2, 0.25) is 0 Å². The molecule has 8 heteroatoms. The lowest BCUT2D eigenvalue weighted by Gasteiger charge is -2.31. The number of nitrogens with zero attached hydrogens (tertiary/aromatic N) is 6. The van der Waals surface area contributed by atoms with Crippen molar-refractivity contribution < 1.29 is 0 Å². The molecule has 0 radical (unpaired) electrons. The topological polar surface area (TPSA) is 59.7 Å². The Morgan fingerprint density at radius 2 is 1.96 bits per heavy atom. The van der Waals surface area contributed by atoms with Gasteiger partial charge < -0.3 is 4.90 Å². The zero-order valence-electron chi connectivity index (χ0n) is 15.8. The molecule has 3 aromatic rings. The fourth-order valence-corrected chi connectivity index (χ4v) is 5.59. The Balaban J connectivity index is 1.48. The first-order chi connectivity index (χ1) is 13.2. The second-order valence-corrected chi connectivity index (χ2v) is 9.69. The lowest BCUT2D eigenvalue weighted by atomic mass is 10.00. The van der Waals surface area contributed by atoms with Crippen molar-refractivity contribution in [3.05, 3.63) is 17.3 Å². The number of piperidine rings is 1. The zero-order chi connectivity index (χ0) is 18.4. The van der Waals surface area contributed by atoms with Gasteiger partial charge in [-0.1, -0.05) is 13.8 Å². The SMILES string of the molecule is CCc1cc2c(Sc3nnc(N4CCC(C)CC4)n3C3CC3)ncnc2s1. The Labute approximate surface area is 167 Å². The van der Waals surface area contributed by atoms with Crippen molar-refractivity contribution in [3.8, 4) is 0 Å². The highest BCUT2D eigenvalue weighted by Gasteiger charge is 2.33. The maximum Gasteiger partial charge on any atom is 0.228 e. The molecule has 0 bridgehead atoms. The van der Waals surface area contributed by atoms with Gasteiger partial charge in [-0.25, -0.2) is 9.97 Å². The summed E-state index contributed by atoms with van der Waals surface area (Å²) in [5, 5.41) is 12.3. The maximum atomic E-state index is 4.60. The van der Waals surface area contributed by atoms with E-state index in [0.717, 1.165) is 51.8 Å². The van der Waals surface area contributed by atoms with Crippen LogP contribution >= 0.6 is 23.1 Å². The molecule has 2 fully saturated rings. The molecule has 142 valence electrons. The molecule has 1 saturated heterocycles. The van der Waals surface area contributed by atoms with E-state index in [1.165, 1.54) is 30.6 Å². The van der Waals surface area contributed by atoms with E-state index in [9.17, 15) is 0 Å². The van der Waals surface area contributed by atoms with Crippen molar-refractivity contribution in [2.75, 3.05) is 18.0 Å². The molecule has 1 aliphatic carbocycles. The number of aryl methyl sites for hydroxylation is 1. The Bertz CT molecular complexity index is 952. The number of aromatic nitrogens is 5. The number of fused-ring (bicyclic) bond motifs is 1. The van der Waals surface area contributed by atoms with Crippen molar-refractivity contribution in [1.29, 1.82) is 0 Å². The molecule has 3 aromatic heterocycles. The van der Waals surface area contributed by atoms with Gasteiger partial charge in [0.15, 0.2) is 5.16 Å². The summed E-state index contributed by atoms with van der Waals surface area (Å²) >= 11 is 3.40. The first kappa shape index (κ1) is 17.4. The Kier molecular flexibility index (Phi) is 4.55. The van der Waals surface area contributed by atoms with Crippen LogP contribution in [0.3, 0.4) is 0 Å². The monoisotopic (exact) mass is 400 g/mol. The number of anilines is 1. The third-order valence-electron chi connectivity index (χ3n) is 5.51. The second-order valence-electron chi connectivity index (χ2n) is 7.62. The second kappa shape index (κ2) is 7.05. The molecular weight excluding hydrogens is 376 g/mol. The summed E-state index contributed by atoms with van der Waals surface area (Å²) < 4.78 is 2.36. The molecule has 6 nitrogen and oxygen atoms in total. The van der Waals surface area contributed by atoms with Crippen LogP contribution in [0, 0.1) is 5.92 Å². The van der Waals surface area contributed by atoms with Crippen LogP contribution in [-0.4, -0.2) is 37.8 Å². The molecule has 0 unspecified atom stereocenters. The molecule has 5 rings (SSSR count). The van der Waals surface area contributed by atoms with Crippen molar-refractivity contribution in [3.63, 3.8) is 0 Å². The van der Waals surface area contributed by atoms with E-state index in [1.54, 1.807) is 29.4 Å². The van der Waals surface area contributed by atoms with Gasteiger partial charge in [0.05, 0.1) is 0 Å². The molecule has 4 heterocycles. The summed E-state index contributed by atoms with van der Waals surface area (Å²) in [4.78, 5) is 13.8. The highest BCUT2D eigenvalue weighted by atomic mass is 32.2. The normalized spacial score (nSPS) is 18.5. The van der Waals surface area contributed by atoms with Crippen LogP contribution in [0.25, 0.3) is 10.2 Å². The highest BCUT2D eigenvalue weighted by molar-refractivity contribution is 7.99. The molecule has 0 atom stereocenters. The Hall–Kier alpha value is -1.67. The number of thiophene rings is 1. The highest BCUT2D eigenvalue weighted by Crippen LogP contribution is 2.43. The average Bonchev–Trinajstić information content (AvgIpc) is 3.29. The van der Waals surface area contributed by atoms with Gasteiger partial charge in [0, 0.05) is 29.4 Å². The number of hydrogen-bond acceptors (Lipinski definition) is 7. The van der Waals surface area contributed by atoms with E-state index in [0.29, 0.717) is 6.04 Å². The minimum Gasteiger partial charge on any atom is -0.341 e. The summed E-state index contributed by atoms with van der Waals surface area (Å²) in [5.41, 5.74) is 0.